The summed E-state index contributed by atoms with van der Waals surface area (Å²) in [5, 5.41) is 10.9. The number of aryl methyl sites for hydroxylation is 3. The monoisotopic (exact) mass is 251 g/mol. The van der Waals surface area contributed by atoms with Gasteiger partial charge in [0.15, 0.2) is 0 Å². The summed E-state index contributed by atoms with van der Waals surface area (Å²) in [7, 11) is 0. The van der Waals surface area contributed by atoms with Gasteiger partial charge in [-0.05, 0) is 31.0 Å². The van der Waals surface area contributed by atoms with Crippen molar-refractivity contribution in [1.29, 1.82) is 0 Å². The highest BCUT2D eigenvalue weighted by molar-refractivity contribution is 6.17. The van der Waals surface area contributed by atoms with Gasteiger partial charge in [-0.1, -0.05) is 17.2 Å². The van der Waals surface area contributed by atoms with E-state index in [1.807, 2.05) is 26.0 Å². The van der Waals surface area contributed by atoms with Crippen molar-refractivity contribution >= 4 is 23.3 Å². The number of benzene rings is 1. The Balaban J connectivity index is 2.16. The summed E-state index contributed by atoms with van der Waals surface area (Å²) in [5.74, 6) is 1.03. The molecule has 0 aliphatic heterocycles. The Morgan fingerprint density at radius 3 is 2.88 bits per heavy atom. The third kappa shape index (κ3) is 2.97. The van der Waals surface area contributed by atoms with Crippen molar-refractivity contribution in [2.24, 2.45) is 0 Å². The molecule has 2 rings (SSSR count). The molecule has 0 unspecified atom stereocenters. The molecule has 0 saturated heterocycles. The van der Waals surface area contributed by atoms with Crippen LogP contribution in [0.2, 0.25) is 0 Å². The SMILES string of the molecule is Cc1ccc(C)c(Nc2nnc(CCCl)o2)c1. The number of hydrogen-bond acceptors (Lipinski definition) is 4. The second-order valence-electron chi connectivity index (χ2n) is 3.88. The van der Waals surface area contributed by atoms with Crippen LogP contribution in [-0.4, -0.2) is 16.1 Å². The molecule has 0 radical (unpaired) electrons. The van der Waals surface area contributed by atoms with Gasteiger partial charge in [-0.15, -0.1) is 16.7 Å². The lowest BCUT2D eigenvalue weighted by Crippen LogP contribution is -1.93. The molecule has 1 aromatic carbocycles. The normalized spacial score (nSPS) is 10.5. The van der Waals surface area contributed by atoms with E-state index in [4.69, 9.17) is 16.0 Å². The summed E-state index contributed by atoms with van der Waals surface area (Å²) < 4.78 is 5.41. The van der Waals surface area contributed by atoms with Gasteiger partial charge in [0.25, 0.3) is 0 Å². The first-order valence-corrected chi connectivity index (χ1v) is 5.95. The fourth-order valence-corrected chi connectivity index (χ4v) is 1.63. The molecule has 0 saturated carbocycles. The molecule has 4 nitrogen and oxygen atoms in total. The highest BCUT2D eigenvalue weighted by Gasteiger charge is 2.07. The molecule has 90 valence electrons. The summed E-state index contributed by atoms with van der Waals surface area (Å²) in [4.78, 5) is 0. The molecule has 0 bridgehead atoms. The van der Waals surface area contributed by atoms with Crippen LogP contribution < -0.4 is 5.32 Å². The molecule has 2 aromatic rings. The summed E-state index contributed by atoms with van der Waals surface area (Å²) >= 11 is 5.60. The van der Waals surface area contributed by atoms with Crippen molar-refractivity contribution in [2.45, 2.75) is 20.3 Å². The lowest BCUT2D eigenvalue weighted by atomic mass is 10.1. The Bertz CT molecular complexity index is 510. The third-order valence-corrected chi connectivity index (χ3v) is 2.60. The van der Waals surface area contributed by atoms with E-state index in [1.54, 1.807) is 0 Å². The lowest BCUT2D eigenvalue weighted by molar-refractivity contribution is 0.516. The van der Waals surface area contributed by atoms with E-state index in [0.717, 1.165) is 11.3 Å². The number of alkyl halides is 1. The van der Waals surface area contributed by atoms with Crippen LogP contribution in [0, 0.1) is 13.8 Å². The molecular weight excluding hydrogens is 238 g/mol. The maximum atomic E-state index is 5.60. The van der Waals surface area contributed by atoms with Gasteiger partial charge < -0.3 is 9.73 Å². The number of nitrogens with one attached hydrogen (secondary N) is 1. The molecule has 0 aliphatic rings. The summed E-state index contributed by atoms with van der Waals surface area (Å²) in [6, 6.07) is 6.56. The van der Waals surface area contributed by atoms with Crippen LogP contribution in [0.4, 0.5) is 11.7 Å². The van der Waals surface area contributed by atoms with Crippen molar-refractivity contribution < 1.29 is 4.42 Å². The summed E-state index contributed by atoms with van der Waals surface area (Å²) in [6.07, 6.45) is 0.586. The predicted octanol–water partition coefficient (Wildman–Crippen LogP) is 3.21. The Morgan fingerprint density at radius 1 is 1.29 bits per heavy atom. The van der Waals surface area contributed by atoms with E-state index in [2.05, 4.69) is 21.6 Å². The zero-order chi connectivity index (χ0) is 12.3. The maximum absolute atomic E-state index is 5.60. The van der Waals surface area contributed by atoms with Crippen LogP contribution >= 0.6 is 11.6 Å². The Kier molecular flexibility index (Phi) is 3.64. The minimum atomic E-state index is 0.402. The predicted molar refractivity (Wildman–Crippen MR) is 67.9 cm³/mol. The van der Waals surface area contributed by atoms with E-state index in [9.17, 15) is 0 Å². The van der Waals surface area contributed by atoms with Crippen molar-refractivity contribution in [2.75, 3.05) is 11.2 Å². The smallest absolute Gasteiger partial charge is 0.320 e. The number of rotatable bonds is 4. The largest absolute Gasteiger partial charge is 0.408 e. The standard InChI is InChI=1S/C12H14ClN3O/c1-8-3-4-9(2)10(7-8)14-12-16-15-11(17-12)5-6-13/h3-4,7H,5-6H2,1-2H3,(H,14,16). The fraction of sp³-hybridized carbons (Fsp3) is 0.333. The third-order valence-electron chi connectivity index (χ3n) is 2.41. The van der Waals surface area contributed by atoms with Gasteiger partial charge in [0.2, 0.25) is 5.89 Å². The Morgan fingerprint density at radius 2 is 2.12 bits per heavy atom. The van der Waals surface area contributed by atoms with Gasteiger partial charge in [-0.3, -0.25) is 0 Å². The van der Waals surface area contributed by atoms with Gasteiger partial charge in [0.05, 0.1) is 0 Å². The van der Waals surface area contributed by atoms with Crippen LogP contribution in [0.5, 0.6) is 0 Å². The Labute approximate surface area is 105 Å². The van der Waals surface area contributed by atoms with E-state index in [0.29, 0.717) is 24.2 Å². The summed E-state index contributed by atoms with van der Waals surface area (Å²) in [6.45, 7) is 4.06. The van der Waals surface area contributed by atoms with Gasteiger partial charge in [0.1, 0.15) is 0 Å². The van der Waals surface area contributed by atoms with E-state index in [1.165, 1.54) is 5.56 Å². The number of aromatic nitrogens is 2. The first-order valence-electron chi connectivity index (χ1n) is 5.41. The topological polar surface area (TPSA) is 51.0 Å². The number of halogens is 1. The molecule has 0 atom stereocenters. The fourth-order valence-electron chi connectivity index (χ4n) is 1.47. The van der Waals surface area contributed by atoms with Crippen LogP contribution in [-0.2, 0) is 6.42 Å². The first kappa shape index (κ1) is 11.9. The molecule has 0 fully saturated rings. The zero-order valence-corrected chi connectivity index (χ0v) is 10.6. The maximum Gasteiger partial charge on any atom is 0.320 e. The van der Waals surface area contributed by atoms with E-state index >= 15 is 0 Å². The van der Waals surface area contributed by atoms with E-state index < -0.39 is 0 Å². The van der Waals surface area contributed by atoms with Gasteiger partial charge in [0, 0.05) is 18.0 Å². The number of anilines is 2. The van der Waals surface area contributed by atoms with Crippen molar-refractivity contribution in [3.63, 3.8) is 0 Å². The second-order valence-corrected chi connectivity index (χ2v) is 4.26. The minimum Gasteiger partial charge on any atom is -0.408 e. The van der Waals surface area contributed by atoms with Gasteiger partial charge in [-0.2, -0.15) is 0 Å². The molecule has 17 heavy (non-hydrogen) atoms. The number of nitrogens with zero attached hydrogens (tertiary/aromatic N) is 2. The molecular formula is C12H14ClN3O. The molecule has 1 aromatic heterocycles. The van der Waals surface area contributed by atoms with Crippen LogP contribution in [0.3, 0.4) is 0 Å². The lowest BCUT2D eigenvalue weighted by Gasteiger charge is -2.06. The first-order chi connectivity index (χ1) is 8.19. The average molecular weight is 252 g/mol. The van der Waals surface area contributed by atoms with Crippen LogP contribution in [0.25, 0.3) is 0 Å². The molecule has 0 spiro atoms. The van der Waals surface area contributed by atoms with E-state index in [-0.39, 0.29) is 0 Å². The summed E-state index contributed by atoms with van der Waals surface area (Å²) in [5.41, 5.74) is 3.29. The second kappa shape index (κ2) is 5.19. The molecule has 0 amide bonds. The molecule has 1 N–H and O–H groups in total. The average Bonchev–Trinajstić information content (AvgIpc) is 2.72. The Hall–Kier alpha value is -1.55. The quantitative estimate of drug-likeness (QED) is 0.848. The minimum absolute atomic E-state index is 0.402. The van der Waals surface area contributed by atoms with Gasteiger partial charge in [-0.25, -0.2) is 0 Å². The molecule has 5 heteroatoms. The van der Waals surface area contributed by atoms with Crippen molar-refractivity contribution in [3.8, 4) is 0 Å². The molecule has 1 heterocycles. The van der Waals surface area contributed by atoms with Crippen molar-refractivity contribution in [1.82, 2.24) is 10.2 Å². The molecule has 0 aliphatic carbocycles. The highest BCUT2D eigenvalue weighted by Crippen LogP contribution is 2.20. The highest BCUT2D eigenvalue weighted by atomic mass is 35.5. The van der Waals surface area contributed by atoms with Crippen molar-refractivity contribution in [3.05, 3.63) is 35.2 Å². The number of hydrogen-bond donors (Lipinski definition) is 1. The zero-order valence-electron chi connectivity index (χ0n) is 9.83. The van der Waals surface area contributed by atoms with Crippen LogP contribution in [0.1, 0.15) is 17.0 Å². The van der Waals surface area contributed by atoms with Crippen LogP contribution in [0.15, 0.2) is 22.6 Å². The van der Waals surface area contributed by atoms with Gasteiger partial charge >= 0.3 is 6.01 Å².